The third-order valence-corrected chi connectivity index (χ3v) is 7.29. The van der Waals surface area contributed by atoms with Crippen LogP contribution in [-0.4, -0.2) is 37.7 Å². The molecule has 0 unspecified atom stereocenters. The molecule has 0 aromatic heterocycles. The summed E-state index contributed by atoms with van der Waals surface area (Å²) in [6.45, 7) is 7.42. The standard InChI is InChI=1S/C14H34O2Si2/c1-15-14(16-2)17-12-10-8-6-7-9-11-13-18(3,4)5/h14H,6-13,17H2,1-5H3. The van der Waals surface area contributed by atoms with Crippen molar-refractivity contribution < 1.29 is 9.47 Å². The second kappa shape index (κ2) is 11.2. The van der Waals surface area contributed by atoms with Crippen LogP contribution >= 0.6 is 0 Å². The van der Waals surface area contributed by atoms with Gasteiger partial charge < -0.3 is 9.47 Å². The van der Waals surface area contributed by atoms with Gasteiger partial charge in [-0.25, -0.2) is 0 Å². The van der Waals surface area contributed by atoms with Crippen LogP contribution in [0.25, 0.3) is 0 Å². The second-order valence-corrected chi connectivity index (χ2v) is 14.0. The van der Waals surface area contributed by atoms with Crippen molar-refractivity contribution in [3.05, 3.63) is 0 Å². The number of ether oxygens (including phenoxy) is 2. The van der Waals surface area contributed by atoms with Crippen LogP contribution in [0.4, 0.5) is 0 Å². The van der Waals surface area contributed by atoms with Gasteiger partial charge in [-0.1, -0.05) is 70.3 Å². The predicted molar refractivity (Wildman–Crippen MR) is 87.0 cm³/mol. The lowest BCUT2D eigenvalue weighted by Crippen LogP contribution is -2.20. The lowest BCUT2D eigenvalue weighted by Gasteiger charge is -2.15. The van der Waals surface area contributed by atoms with Gasteiger partial charge in [0.15, 0.2) is 0 Å². The summed E-state index contributed by atoms with van der Waals surface area (Å²) in [6, 6.07) is 2.87. The molecule has 2 nitrogen and oxygen atoms in total. The summed E-state index contributed by atoms with van der Waals surface area (Å²) >= 11 is 0. The van der Waals surface area contributed by atoms with Gasteiger partial charge in [-0.05, 0) is 0 Å². The van der Waals surface area contributed by atoms with Crippen LogP contribution < -0.4 is 0 Å². The van der Waals surface area contributed by atoms with E-state index in [1.807, 2.05) is 0 Å². The minimum Gasteiger partial charge on any atom is -0.360 e. The highest BCUT2D eigenvalue weighted by molar-refractivity contribution is 6.76. The summed E-state index contributed by atoms with van der Waals surface area (Å²) in [5.41, 5.74) is 0. The summed E-state index contributed by atoms with van der Waals surface area (Å²) in [7, 11) is 2.54. The smallest absolute Gasteiger partial charge is 0.134 e. The molecular formula is C14H34O2Si2. The van der Waals surface area contributed by atoms with Crippen molar-refractivity contribution in [2.24, 2.45) is 0 Å². The van der Waals surface area contributed by atoms with E-state index in [0.717, 1.165) is 0 Å². The van der Waals surface area contributed by atoms with Crippen LogP contribution in [0.5, 0.6) is 0 Å². The van der Waals surface area contributed by atoms with E-state index >= 15 is 0 Å². The van der Waals surface area contributed by atoms with Gasteiger partial charge in [0.25, 0.3) is 0 Å². The molecule has 0 aromatic rings. The van der Waals surface area contributed by atoms with Gasteiger partial charge in [-0.15, -0.1) is 0 Å². The minimum atomic E-state index is -0.782. The van der Waals surface area contributed by atoms with Crippen molar-refractivity contribution >= 4 is 17.6 Å². The predicted octanol–water partition coefficient (Wildman–Crippen LogP) is 3.83. The van der Waals surface area contributed by atoms with E-state index in [-0.39, 0.29) is 15.4 Å². The monoisotopic (exact) mass is 290 g/mol. The molecule has 0 bridgehead atoms. The molecule has 0 rings (SSSR count). The van der Waals surface area contributed by atoms with Crippen LogP contribution in [0.1, 0.15) is 38.5 Å². The fourth-order valence-electron chi connectivity index (χ4n) is 2.18. The maximum atomic E-state index is 5.23. The van der Waals surface area contributed by atoms with E-state index in [1.165, 1.54) is 50.6 Å². The molecule has 0 aliphatic heterocycles. The normalized spacial score (nSPS) is 13.0. The summed E-state index contributed by atoms with van der Waals surface area (Å²) < 4.78 is 10.5. The number of methoxy groups -OCH3 is 2. The molecule has 0 spiro atoms. The van der Waals surface area contributed by atoms with Gasteiger partial charge >= 0.3 is 0 Å². The molecular weight excluding hydrogens is 256 g/mol. The third kappa shape index (κ3) is 12.8. The zero-order chi connectivity index (χ0) is 13.9. The van der Waals surface area contributed by atoms with E-state index in [1.54, 1.807) is 14.2 Å². The largest absolute Gasteiger partial charge is 0.360 e. The van der Waals surface area contributed by atoms with E-state index in [4.69, 9.17) is 9.47 Å². The molecule has 0 atom stereocenters. The third-order valence-electron chi connectivity index (χ3n) is 3.39. The fourth-order valence-corrected chi connectivity index (χ4v) is 4.94. The Labute approximate surface area is 118 Å². The second-order valence-electron chi connectivity index (χ2n) is 6.48. The van der Waals surface area contributed by atoms with Crippen LogP contribution in [0.15, 0.2) is 0 Å². The highest BCUT2D eigenvalue weighted by Crippen LogP contribution is 2.15. The van der Waals surface area contributed by atoms with Crippen LogP contribution in [-0.2, 0) is 9.47 Å². The molecule has 0 saturated heterocycles. The Kier molecular flexibility index (Phi) is 11.4. The molecule has 0 aromatic carbocycles. The first-order valence-electron chi connectivity index (χ1n) is 7.55. The lowest BCUT2D eigenvalue weighted by molar-refractivity contribution is -0.0441. The Hall–Kier alpha value is 0.354. The van der Waals surface area contributed by atoms with Gasteiger partial charge in [0.05, 0.1) is 9.52 Å². The molecule has 110 valence electrons. The van der Waals surface area contributed by atoms with Gasteiger partial charge in [0, 0.05) is 22.3 Å². The molecule has 0 radical (unpaired) electrons. The highest BCUT2D eigenvalue weighted by atomic mass is 28.3. The van der Waals surface area contributed by atoms with E-state index in [9.17, 15) is 0 Å². The molecule has 0 N–H and O–H groups in total. The lowest BCUT2D eigenvalue weighted by atomic mass is 10.1. The highest BCUT2D eigenvalue weighted by Gasteiger charge is 2.11. The first-order valence-corrected chi connectivity index (χ1v) is 13.1. The molecule has 18 heavy (non-hydrogen) atoms. The van der Waals surface area contributed by atoms with Gasteiger partial charge in [-0.3, -0.25) is 0 Å². The summed E-state index contributed by atoms with van der Waals surface area (Å²) in [5.74, 6) is 0.141. The Bertz CT molecular complexity index is 177. The van der Waals surface area contributed by atoms with Crippen LogP contribution in [0.3, 0.4) is 0 Å². The van der Waals surface area contributed by atoms with Crippen molar-refractivity contribution in [1.29, 1.82) is 0 Å². The summed E-state index contributed by atoms with van der Waals surface area (Å²) in [5, 5.41) is 0. The number of hydrogen-bond acceptors (Lipinski definition) is 2. The minimum absolute atomic E-state index is 0.141. The number of hydrogen-bond donors (Lipinski definition) is 0. The topological polar surface area (TPSA) is 18.5 Å². The van der Waals surface area contributed by atoms with E-state index in [2.05, 4.69) is 19.6 Å². The van der Waals surface area contributed by atoms with Crippen molar-refractivity contribution in [1.82, 2.24) is 0 Å². The van der Waals surface area contributed by atoms with Crippen LogP contribution in [0, 0.1) is 0 Å². The van der Waals surface area contributed by atoms with Crippen molar-refractivity contribution in [2.75, 3.05) is 14.2 Å². The zero-order valence-electron chi connectivity index (χ0n) is 13.3. The molecule has 0 aliphatic rings. The Morgan fingerprint density at radius 2 is 1.33 bits per heavy atom. The maximum Gasteiger partial charge on any atom is 0.134 e. The molecule has 0 heterocycles. The first-order chi connectivity index (χ1) is 8.49. The average Bonchev–Trinajstić information content (AvgIpc) is 2.30. The number of rotatable bonds is 12. The van der Waals surface area contributed by atoms with Gasteiger partial charge in [0.2, 0.25) is 0 Å². The van der Waals surface area contributed by atoms with Crippen molar-refractivity contribution in [3.8, 4) is 0 Å². The molecule has 0 amide bonds. The van der Waals surface area contributed by atoms with Crippen molar-refractivity contribution in [2.45, 2.75) is 76.2 Å². The molecule has 0 saturated carbocycles. The maximum absolute atomic E-state index is 5.23. The summed E-state index contributed by atoms with van der Waals surface area (Å²) in [4.78, 5) is 0. The van der Waals surface area contributed by atoms with E-state index < -0.39 is 8.07 Å². The van der Waals surface area contributed by atoms with Gasteiger partial charge in [0.1, 0.15) is 5.91 Å². The SMILES string of the molecule is COC(OC)[SiH2]CCCCCCCC[Si](C)(C)C. The van der Waals surface area contributed by atoms with E-state index in [0.29, 0.717) is 0 Å². The number of unbranched alkanes of at least 4 members (excludes halogenated alkanes) is 5. The average molecular weight is 291 g/mol. The fraction of sp³-hybridized carbons (Fsp3) is 1.00. The molecule has 0 aliphatic carbocycles. The Morgan fingerprint density at radius 3 is 1.83 bits per heavy atom. The van der Waals surface area contributed by atoms with Crippen molar-refractivity contribution in [3.63, 3.8) is 0 Å². The van der Waals surface area contributed by atoms with Gasteiger partial charge in [-0.2, -0.15) is 0 Å². The first kappa shape index (κ1) is 18.4. The molecule has 0 fully saturated rings. The van der Waals surface area contributed by atoms with Crippen LogP contribution in [0.2, 0.25) is 31.7 Å². The quantitative estimate of drug-likeness (QED) is 0.309. The zero-order valence-corrected chi connectivity index (χ0v) is 15.7. The molecule has 4 heteroatoms. The Balaban J connectivity index is 3.17. The Morgan fingerprint density at radius 1 is 0.833 bits per heavy atom. The summed E-state index contributed by atoms with van der Waals surface area (Å²) in [6.07, 6.45) is 8.54.